The summed E-state index contributed by atoms with van der Waals surface area (Å²) in [7, 11) is 5.40. The molecule has 1 unspecified atom stereocenters. The molecule has 0 fully saturated rings. The Bertz CT molecular complexity index is 239. The van der Waals surface area contributed by atoms with E-state index in [4.69, 9.17) is 12.6 Å². The van der Waals surface area contributed by atoms with E-state index in [9.17, 15) is 4.79 Å². The van der Waals surface area contributed by atoms with E-state index in [1.165, 1.54) is 0 Å². The molecule has 1 atom stereocenters. The third-order valence-electron chi connectivity index (χ3n) is 1.59. The number of esters is 1. The molecular weight excluding hydrogens is 275 g/mol. The largest absolute Gasteiger partial charge is 0.440 e. The minimum absolute atomic E-state index is 0.236. The molecule has 58 valence electrons. The maximum atomic E-state index is 10.9. The number of ether oxygens (including phenoxy) is 1. The molecule has 0 aromatic carbocycles. The lowest BCUT2D eigenvalue weighted by molar-refractivity contribution is -0.139. The van der Waals surface area contributed by atoms with E-state index in [-0.39, 0.29) is 12.3 Å². The first-order valence-electron chi connectivity index (χ1n) is 3.00. The van der Waals surface area contributed by atoms with Gasteiger partial charge in [-0.15, -0.1) is 0 Å². The highest BCUT2D eigenvalue weighted by molar-refractivity contribution is 9.12. The molecule has 0 spiro atoms. The summed E-state index contributed by atoms with van der Waals surface area (Å²) in [5.41, 5.74) is 0.782. The van der Waals surface area contributed by atoms with Crippen molar-refractivity contribution < 1.29 is 9.53 Å². The minimum atomic E-state index is -0.789. The van der Waals surface area contributed by atoms with Gasteiger partial charge in [-0.05, 0) is 45.1 Å². The number of carbonyl (C=O) groups is 1. The summed E-state index contributed by atoms with van der Waals surface area (Å²) in [6, 6.07) is 0. The number of hydrogen-bond acceptors (Lipinski definition) is 2. The summed E-state index contributed by atoms with van der Waals surface area (Å²) in [4.78, 5) is 10.9. The van der Waals surface area contributed by atoms with Crippen molar-refractivity contribution in [1.29, 1.82) is 0 Å². The number of carbonyl (C=O) groups excluding carboxylic acids is 1. The molecule has 0 saturated carbocycles. The van der Waals surface area contributed by atoms with E-state index in [0.717, 1.165) is 5.57 Å². The first kappa shape index (κ1) is 9.32. The molecule has 1 heterocycles. The van der Waals surface area contributed by atoms with Crippen molar-refractivity contribution in [3.63, 3.8) is 0 Å². The van der Waals surface area contributed by atoms with Gasteiger partial charge in [-0.25, -0.2) is 4.79 Å². The van der Waals surface area contributed by atoms with Crippen molar-refractivity contribution in [1.82, 2.24) is 0 Å². The maximum absolute atomic E-state index is 10.9. The third-order valence-corrected chi connectivity index (χ3v) is 3.58. The molecule has 11 heavy (non-hydrogen) atoms. The van der Waals surface area contributed by atoms with Crippen LogP contribution in [0.4, 0.5) is 0 Å². The molecule has 1 rings (SSSR count). The molecule has 0 saturated heterocycles. The topological polar surface area (TPSA) is 26.3 Å². The zero-order chi connectivity index (χ0) is 8.65. The number of hydrogen-bond donors (Lipinski definition) is 0. The van der Waals surface area contributed by atoms with Crippen LogP contribution in [0.3, 0.4) is 0 Å². The molecule has 1 aliphatic rings. The van der Waals surface area contributed by atoms with E-state index in [1.807, 2.05) is 0 Å². The van der Waals surface area contributed by atoms with Crippen molar-refractivity contribution in [3.8, 4) is 0 Å². The van der Waals surface area contributed by atoms with Gasteiger partial charge < -0.3 is 4.74 Å². The molecule has 0 bridgehead atoms. The van der Waals surface area contributed by atoms with Gasteiger partial charge in [0.15, 0.2) is 4.51 Å². The van der Waals surface area contributed by atoms with Crippen LogP contribution in [0.2, 0.25) is 6.32 Å². The average Bonchev–Trinajstić information content (AvgIpc) is 2.17. The predicted octanol–water partition coefficient (Wildman–Crippen LogP) is 1.89. The molecule has 0 amide bonds. The Kier molecular flexibility index (Phi) is 2.49. The molecule has 0 aliphatic carbocycles. The molecular formula is C6H5BBr2O2. The van der Waals surface area contributed by atoms with E-state index in [2.05, 4.69) is 31.9 Å². The lowest BCUT2D eigenvalue weighted by Crippen LogP contribution is -2.22. The minimum Gasteiger partial charge on any atom is -0.440 e. The van der Waals surface area contributed by atoms with Crippen molar-refractivity contribution in [3.05, 3.63) is 10.1 Å². The number of cyclic esters (lactones) is 1. The van der Waals surface area contributed by atoms with Gasteiger partial charge in [-0.2, -0.15) is 0 Å². The Morgan fingerprint density at radius 3 is 2.45 bits per heavy atom. The number of rotatable bonds is 1. The van der Waals surface area contributed by atoms with E-state index in [1.54, 1.807) is 6.92 Å². The standard InChI is InChI=1S/C6H5BBr2O2/c1-3-4(8)5(10)11-6(3,9)2-7/h2H2,1H3. The summed E-state index contributed by atoms with van der Waals surface area (Å²) in [5, 5.41) is 0. The van der Waals surface area contributed by atoms with Crippen molar-refractivity contribution in [2.24, 2.45) is 0 Å². The molecule has 5 heteroatoms. The van der Waals surface area contributed by atoms with Gasteiger partial charge in [0, 0.05) is 5.57 Å². The predicted molar refractivity (Wildman–Crippen MR) is 49.9 cm³/mol. The molecule has 2 radical (unpaired) electrons. The van der Waals surface area contributed by atoms with Crippen LogP contribution in [0, 0.1) is 0 Å². The third kappa shape index (κ3) is 1.40. The zero-order valence-corrected chi connectivity index (χ0v) is 9.03. The molecule has 0 aromatic heterocycles. The van der Waals surface area contributed by atoms with Crippen LogP contribution in [0.25, 0.3) is 0 Å². The lowest BCUT2D eigenvalue weighted by atomic mass is 9.95. The number of alkyl halides is 1. The summed E-state index contributed by atoms with van der Waals surface area (Å²) < 4.78 is 4.62. The van der Waals surface area contributed by atoms with Gasteiger partial charge in [-0.3, -0.25) is 0 Å². The monoisotopic (exact) mass is 278 g/mol. The van der Waals surface area contributed by atoms with Crippen LogP contribution in [0.15, 0.2) is 10.1 Å². The lowest BCUT2D eigenvalue weighted by Gasteiger charge is -2.20. The van der Waals surface area contributed by atoms with Gasteiger partial charge in [0.05, 0.1) is 7.85 Å². The van der Waals surface area contributed by atoms with Gasteiger partial charge in [-0.1, -0.05) is 0 Å². The van der Waals surface area contributed by atoms with E-state index in [0.29, 0.717) is 4.48 Å². The second-order valence-corrected chi connectivity index (χ2v) is 4.34. The van der Waals surface area contributed by atoms with E-state index < -0.39 is 4.51 Å². The highest BCUT2D eigenvalue weighted by Crippen LogP contribution is 2.41. The average molecular weight is 280 g/mol. The SMILES string of the molecule is [B]CC1(Br)OC(=O)C(Br)=C1C. The Hall–Kier alpha value is 0.235. The Morgan fingerprint density at radius 1 is 1.73 bits per heavy atom. The van der Waals surface area contributed by atoms with Crippen LogP contribution >= 0.6 is 31.9 Å². The van der Waals surface area contributed by atoms with Gasteiger partial charge >= 0.3 is 5.97 Å². The van der Waals surface area contributed by atoms with Crippen LogP contribution in [-0.2, 0) is 9.53 Å². The Balaban J connectivity index is 3.03. The smallest absolute Gasteiger partial charge is 0.347 e. The fourth-order valence-corrected chi connectivity index (χ4v) is 1.79. The first-order chi connectivity index (χ1) is 5.01. The maximum Gasteiger partial charge on any atom is 0.347 e. The van der Waals surface area contributed by atoms with Crippen molar-refractivity contribution in [2.75, 3.05) is 0 Å². The van der Waals surface area contributed by atoms with Gasteiger partial charge in [0.1, 0.15) is 4.48 Å². The van der Waals surface area contributed by atoms with Gasteiger partial charge in [0.25, 0.3) is 0 Å². The zero-order valence-electron chi connectivity index (χ0n) is 5.86. The molecule has 2 nitrogen and oxygen atoms in total. The quantitative estimate of drug-likeness (QED) is 0.416. The first-order valence-corrected chi connectivity index (χ1v) is 4.59. The fraction of sp³-hybridized carbons (Fsp3) is 0.500. The molecule has 0 N–H and O–H groups in total. The Morgan fingerprint density at radius 2 is 2.27 bits per heavy atom. The number of halogens is 2. The molecule has 1 aliphatic heterocycles. The summed E-state index contributed by atoms with van der Waals surface area (Å²) in [5.74, 6) is -0.371. The van der Waals surface area contributed by atoms with Crippen LogP contribution in [0.5, 0.6) is 0 Å². The Labute approximate surface area is 83.0 Å². The van der Waals surface area contributed by atoms with E-state index >= 15 is 0 Å². The fourth-order valence-electron chi connectivity index (χ4n) is 0.780. The van der Waals surface area contributed by atoms with Crippen molar-refractivity contribution >= 4 is 45.7 Å². The highest BCUT2D eigenvalue weighted by atomic mass is 79.9. The summed E-state index contributed by atoms with van der Waals surface area (Å²) in [6.45, 7) is 1.79. The summed E-state index contributed by atoms with van der Waals surface area (Å²) >= 11 is 6.34. The summed E-state index contributed by atoms with van der Waals surface area (Å²) in [6.07, 6.45) is 0.236. The van der Waals surface area contributed by atoms with Crippen molar-refractivity contribution in [2.45, 2.75) is 17.8 Å². The second-order valence-electron chi connectivity index (χ2n) is 2.26. The van der Waals surface area contributed by atoms with Crippen LogP contribution in [-0.4, -0.2) is 18.3 Å². The molecule has 0 aromatic rings. The second kappa shape index (κ2) is 2.94. The van der Waals surface area contributed by atoms with Gasteiger partial charge in [0.2, 0.25) is 0 Å². The highest BCUT2D eigenvalue weighted by Gasteiger charge is 2.40. The van der Waals surface area contributed by atoms with Crippen LogP contribution < -0.4 is 0 Å². The van der Waals surface area contributed by atoms with Crippen LogP contribution in [0.1, 0.15) is 6.92 Å². The normalized spacial score (nSPS) is 31.0.